The van der Waals surface area contributed by atoms with Gasteiger partial charge in [-0.05, 0) is 32.9 Å². The van der Waals surface area contributed by atoms with Gasteiger partial charge in [0.2, 0.25) is 0 Å². The molecule has 3 atom stereocenters. The molecule has 1 amide bonds. The van der Waals surface area contributed by atoms with E-state index < -0.39 is 17.9 Å². The van der Waals surface area contributed by atoms with Crippen LogP contribution in [0.2, 0.25) is 10.0 Å². The normalized spacial score (nSPS) is 22.2. The van der Waals surface area contributed by atoms with Crippen molar-refractivity contribution in [3.63, 3.8) is 0 Å². The number of amides is 1. The third kappa shape index (κ3) is 4.37. The summed E-state index contributed by atoms with van der Waals surface area (Å²) in [5.74, 6) is -2.01. The van der Waals surface area contributed by atoms with E-state index in [1.54, 1.807) is 4.90 Å². The van der Waals surface area contributed by atoms with Crippen LogP contribution in [0, 0.1) is 5.82 Å². The largest absolute Gasteiger partial charge is 0.449 e. The van der Waals surface area contributed by atoms with Gasteiger partial charge in [0.15, 0.2) is 6.10 Å². The number of benzene rings is 1. The van der Waals surface area contributed by atoms with E-state index >= 15 is 0 Å². The topological polar surface area (TPSA) is 55.8 Å². The number of hydrogen-bond donors (Lipinski definition) is 0. The van der Waals surface area contributed by atoms with Gasteiger partial charge in [-0.3, -0.25) is 4.79 Å². The van der Waals surface area contributed by atoms with E-state index in [1.807, 2.05) is 13.8 Å². The van der Waals surface area contributed by atoms with Crippen LogP contribution in [0.4, 0.5) is 4.39 Å². The first kappa shape index (κ1) is 19.0. The van der Waals surface area contributed by atoms with E-state index in [9.17, 15) is 14.0 Å². The van der Waals surface area contributed by atoms with Crippen molar-refractivity contribution in [3.8, 4) is 0 Å². The van der Waals surface area contributed by atoms with Crippen molar-refractivity contribution in [3.05, 3.63) is 33.6 Å². The molecule has 1 aliphatic rings. The van der Waals surface area contributed by atoms with Gasteiger partial charge >= 0.3 is 5.97 Å². The van der Waals surface area contributed by atoms with Gasteiger partial charge in [-0.2, -0.15) is 0 Å². The molecule has 0 N–H and O–H groups in total. The Morgan fingerprint density at radius 3 is 2.42 bits per heavy atom. The molecule has 0 saturated carbocycles. The standard InChI is InChI=1S/C16H18Cl2FNO4/c1-8-6-20(7-9(2)23-8)15(21)10(3)24-16(22)11-4-14(19)13(18)5-12(11)17/h4-5,8-10H,6-7H2,1-3H3. The Labute approximate surface area is 149 Å². The molecule has 3 unspecified atom stereocenters. The molecule has 1 saturated heterocycles. The highest BCUT2D eigenvalue weighted by molar-refractivity contribution is 6.36. The summed E-state index contributed by atoms with van der Waals surface area (Å²) in [4.78, 5) is 26.2. The second-order valence-corrected chi connectivity index (χ2v) is 6.61. The van der Waals surface area contributed by atoms with Crippen molar-refractivity contribution in [1.29, 1.82) is 0 Å². The van der Waals surface area contributed by atoms with Crippen molar-refractivity contribution in [2.75, 3.05) is 13.1 Å². The summed E-state index contributed by atoms with van der Waals surface area (Å²) in [6, 6.07) is 2.01. The van der Waals surface area contributed by atoms with Crippen molar-refractivity contribution < 1.29 is 23.5 Å². The van der Waals surface area contributed by atoms with E-state index in [-0.39, 0.29) is 33.7 Å². The Kier molecular flexibility index (Phi) is 6.06. The SMILES string of the molecule is CC1CN(C(=O)C(C)OC(=O)c2cc(F)c(Cl)cc2Cl)CC(C)O1. The number of carbonyl (C=O) groups is 2. The molecule has 0 radical (unpaired) electrons. The van der Waals surface area contributed by atoms with Gasteiger partial charge in [-0.1, -0.05) is 23.2 Å². The zero-order valence-electron chi connectivity index (χ0n) is 13.5. The van der Waals surface area contributed by atoms with Gasteiger partial charge in [0.05, 0.1) is 27.8 Å². The van der Waals surface area contributed by atoms with Crippen LogP contribution in [0.1, 0.15) is 31.1 Å². The third-order valence-electron chi connectivity index (χ3n) is 3.59. The summed E-state index contributed by atoms with van der Waals surface area (Å²) in [5, 5.41) is -0.239. The number of carbonyl (C=O) groups excluding carboxylic acids is 2. The van der Waals surface area contributed by atoms with Crippen LogP contribution in [0.3, 0.4) is 0 Å². The summed E-state index contributed by atoms with van der Waals surface area (Å²) in [7, 11) is 0. The summed E-state index contributed by atoms with van der Waals surface area (Å²) < 4.78 is 24.2. The Balaban J connectivity index is 2.06. The van der Waals surface area contributed by atoms with E-state index in [0.29, 0.717) is 13.1 Å². The number of morpholine rings is 1. The fraction of sp³-hybridized carbons (Fsp3) is 0.500. The molecule has 24 heavy (non-hydrogen) atoms. The van der Waals surface area contributed by atoms with E-state index in [0.717, 1.165) is 12.1 Å². The molecule has 1 heterocycles. The number of rotatable bonds is 3. The quantitative estimate of drug-likeness (QED) is 0.598. The minimum absolute atomic E-state index is 0.0420. The molecule has 0 spiro atoms. The van der Waals surface area contributed by atoms with Crippen LogP contribution < -0.4 is 0 Å². The van der Waals surface area contributed by atoms with Gasteiger partial charge in [-0.15, -0.1) is 0 Å². The Hall–Kier alpha value is -1.37. The minimum Gasteiger partial charge on any atom is -0.449 e. The molecule has 132 valence electrons. The fourth-order valence-electron chi connectivity index (χ4n) is 2.57. The Morgan fingerprint density at radius 1 is 1.25 bits per heavy atom. The molecule has 0 aromatic heterocycles. The maximum absolute atomic E-state index is 13.5. The molecule has 1 aliphatic heterocycles. The van der Waals surface area contributed by atoms with Gasteiger partial charge in [0.1, 0.15) is 5.82 Å². The maximum atomic E-state index is 13.5. The molecular formula is C16H18Cl2FNO4. The highest BCUT2D eigenvalue weighted by Gasteiger charge is 2.31. The predicted molar refractivity (Wildman–Crippen MR) is 87.9 cm³/mol. The van der Waals surface area contributed by atoms with Gasteiger partial charge < -0.3 is 14.4 Å². The minimum atomic E-state index is -1.02. The first-order chi connectivity index (χ1) is 11.2. The van der Waals surface area contributed by atoms with Crippen LogP contribution in [-0.2, 0) is 14.3 Å². The average Bonchev–Trinajstić information content (AvgIpc) is 2.48. The van der Waals surface area contributed by atoms with Crippen molar-refractivity contribution in [2.45, 2.75) is 39.1 Å². The first-order valence-electron chi connectivity index (χ1n) is 7.48. The number of esters is 1. The molecule has 0 aliphatic carbocycles. The highest BCUT2D eigenvalue weighted by Crippen LogP contribution is 2.25. The van der Waals surface area contributed by atoms with Crippen LogP contribution in [-0.4, -0.2) is 48.2 Å². The molecule has 0 bridgehead atoms. The molecule has 1 fully saturated rings. The lowest BCUT2D eigenvalue weighted by Crippen LogP contribution is -2.51. The van der Waals surface area contributed by atoms with E-state index in [2.05, 4.69) is 0 Å². The first-order valence-corrected chi connectivity index (χ1v) is 8.24. The Bertz CT molecular complexity index is 645. The second-order valence-electron chi connectivity index (χ2n) is 5.79. The zero-order chi connectivity index (χ0) is 18.0. The van der Waals surface area contributed by atoms with Crippen LogP contribution in [0.15, 0.2) is 12.1 Å². The summed E-state index contributed by atoms with van der Waals surface area (Å²) in [5.41, 5.74) is -0.179. The number of halogens is 3. The van der Waals surface area contributed by atoms with Gasteiger partial charge in [0, 0.05) is 13.1 Å². The maximum Gasteiger partial charge on any atom is 0.340 e. The third-order valence-corrected chi connectivity index (χ3v) is 4.20. The summed E-state index contributed by atoms with van der Waals surface area (Å²) in [6.07, 6.45) is -1.22. The monoisotopic (exact) mass is 377 g/mol. The molecule has 8 heteroatoms. The molecular weight excluding hydrogens is 360 g/mol. The lowest BCUT2D eigenvalue weighted by molar-refractivity contribution is -0.151. The predicted octanol–water partition coefficient (Wildman–Crippen LogP) is 3.31. The van der Waals surface area contributed by atoms with Crippen LogP contribution in [0.5, 0.6) is 0 Å². The van der Waals surface area contributed by atoms with Crippen molar-refractivity contribution in [2.24, 2.45) is 0 Å². The molecule has 1 aromatic rings. The lowest BCUT2D eigenvalue weighted by atomic mass is 10.2. The number of hydrogen-bond acceptors (Lipinski definition) is 4. The molecule has 2 rings (SSSR count). The zero-order valence-corrected chi connectivity index (χ0v) is 15.0. The van der Waals surface area contributed by atoms with Gasteiger partial charge in [-0.25, -0.2) is 9.18 Å². The van der Waals surface area contributed by atoms with Crippen LogP contribution >= 0.6 is 23.2 Å². The van der Waals surface area contributed by atoms with Crippen molar-refractivity contribution >= 4 is 35.1 Å². The van der Waals surface area contributed by atoms with Crippen LogP contribution in [0.25, 0.3) is 0 Å². The van der Waals surface area contributed by atoms with Crippen molar-refractivity contribution in [1.82, 2.24) is 4.90 Å². The number of nitrogens with zero attached hydrogens (tertiary/aromatic N) is 1. The van der Waals surface area contributed by atoms with E-state index in [1.165, 1.54) is 6.92 Å². The highest BCUT2D eigenvalue weighted by atomic mass is 35.5. The smallest absolute Gasteiger partial charge is 0.340 e. The molecule has 1 aromatic carbocycles. The summed E-state index contributed by atoms with van der Waals surface area (Å²) in [6.45, 7) is 6.03. The summed E-state index contributed by atoms with van der Waals surface area (Å²) >= 11 is 11.5. The second kappa shape index (κ2) is 7.68. The average molecular weight is 378 g/mol. The Morgan fingerprint density at radius 2 is 1.83 bits per heavy atom. The number of ether oxygens (including phenoxy) is 2. The van der Waals surface area contributed by atoms with Gasteiger partial charge in [0.25, 0.3) is 5.91 Å². The molecule has 5 nitrogen and oxygen atoms in total. The van der Waals surface area contributed by atoms with E-state index in [4.69, 9.17) is 32.7 Å². The fourth-order valence-corrected chi connectivity index (χ4v) is 3.03. The lowest BCUT2D eigenvalue weighted by Gasteiger charge is -2.36.